The molecule has 0 fully saturated rings. The van der Waals surface area contributed by atoms with Crippen molar-refractivity contribution in [1.82, 2.24) is 0 Å². The zero-order chi connectivity index (χ0) is 17.7. The number of carbonyl (C=O) groups is 2. The van der Waals surface area contributed by atoms with Gasteiger partial charge >= 0.3 is 11.9 Å². The Morgan fingerprint density at radius 3 is 1.44 bits per heavy atom. The van der Waals surface area contributed by atoms with Gasteiger partial charge in [-0.3, -0.25) is 9.59 Å². The number of ether oxygens (including phenoxy) is 3. The smallest absolute Gasteiger partial charge is 0.308 e. The second kappa shape index (κ2) is 11.0. The first kappa shape index (κ1) is 18.7. The summed E-state index contributed by atoms with van der Waals surface area (Å²) >= 11 is 0. The Bertz CT molecular complexity index is 582. The lowest BCUT2D eigenvalue weighted by atomic mass is 10.2. The summed E-state index contributed by atoms with van der Waals surface area (Å²) in [6.45, 7) is 0.955. The minimum absolute atomic E-state index is 0.159. The first-order chi connectivity index (χ1) is 12.2. The summed E-state index contributed by atoms with van der Waals surface area (Å²) < 4.78 is 15.5. The maximum Gasteiger partial charge on any atom is 0.308 e. The number of rotatable bonds is 10. The molecule has 0 atom stereocenters. The topological polar surface area (TPSA) is 61.8 Å². The minimum atomic E-state index is -0.324. The maximum absolute atomic E-state index is 11.6. The second-order valence-electron chi connectivity index (χ2n) is 5.40. The van der Waals surface area contributed by atoms with Crippen molar-refractivity contribution in [3.63, 3.8) is 0 Å². The monoisotopic (exact) mass is 342 g/mol. The molecular weight excluding hydrogens is 320 g/mol. The van der Waals surface area contributed by atoms with Crippen molar-refractivity contribution in [2.75, 3.05) is 13.2 Å². The van der Waals surface area contributed by atoms with Crippen molar-refractivity contribution in [1.29, 1.82) is 0 Å². The van der Waals surface area contributed by atoms with E-state index < -0.39 is 0 Å². The number of esters is 2. The molecule has 5 heteroatoms. The third kappa shape index (κ3) is 8.13. The number of carbonyl (C=O) groups excluding carboxylic acids is 2. The van der Waals surface area contributed by atoms with Gasteiger partial charge in [-0.2, -0.15) is 0 Å². The second-order valence-corrected chi connectivity index (χ2v) is 5.40. The van der Waals surface area contributed by atoms with Crippen LogP contribution in [0.15, 0.2) is 60.7 Å². The lowest BCUT2D eigenvalue weighted by Crippen LogP contribution is -2.12. The summed E-state index contributed by atoms with van der Waals surface area (Å²) in [6, 6.07) is 19.0. The van der Waals surface area contributed by atoms with Gasteiger partial charge in [0.2, 0.25) is 0 Å². The first-order valence-electron chi connectivity index (χ1n) is 8.21. The van der Waals surface area contributed by atoms with Crippen molar-refractivity contribution < 1.29 is 23.8 Å². The average Bonchev–Trinajstić information content (AvgIpc) is 2.66. The fourth-order valence-electron chi connectivity index (χ4n) is 2.03. The quantitative estimate of drug-likeness (QED) is 0.490. The summed E-state index contributed by atoms with van der Waals surface area (Å²) in [5.74, 6) is -0.647. The van der Waals surface area contributed by atoms with Crippen molar-refractivity contribution >= 4 is 11.9 Å². The van der Waals surface area contributed by atoms with Gasteiger partial charge < -0.3 is 14.2 Å². The molecule has 0 aliphatic carbocycles. The Morgan fingerprint density at radius 1 is 0.640 bits per heavy atom. The number of benzene rings is 2. The van der Waals surface area contributed by atoms with Gasteiger partial charge in [-0.15, -0.1) is 0 Å². The van der Waals surface area contributed by atoms with Crippen molar-refractivity contribution in [3.05, 3.63) is 71.8 Å². The molecule has 0 unspecified atom stereocenters. The summed E-state index contributed by atoms with van der Waals surface area (Å²) in [4.78, 5) is 23.2. The molecule has 0 bridgehead atoms. The van der Waals surface area contributed by atoms with Gasteiger partial charge in [0.15, 0.2) is 0 Å². The Labute approximate surface area is 147 Å². The standard InChI is InChI=1S/C20H22O5/c21-19(24-15-17-7-3-1-4-8-17)11-13-23-14-12-20(22)25-16-18-9-5-2-6-10-18/h1-10H,11-16H2. The van der Waals surface area contributed by atoms with Crippen molar-refractivity contribution in [2.45, 2.75) is 26.1 Å². The van der Waals surface area contributed by atoms with Crippen LogP contribution >= 0.6 is 0 Å². The number of hydrogen-bond acceptors (Lipinski definition) is 5. The zero-order valence-corrected chi connectivity index (χ0v) is 14.1. The van der Waals surface area contributed by atoms with Crippen LogP contribution in [0.5, 0.6) is 0 Å². The van der Waals surface area contributed by atoms with E-state index in [1.54, 1.807) is 0 Å². The van der Waals surface area contributed by atoms with Crippen LogP contribution in [0.4, 0.5) is 0 Å². The highest BCUT2D eigenvalue weighted by Crippen LogP contribution is 2.03. The maximum atomic E-state index is 11.6. The summed E-state index contributed by atoms with van der Waals surface area (Å²) in [7, 11) is 0. The molecule has 0 aliphatic heterocycles. The molecular formula is C20H22O5. The Hall–Kier alpha value is -2.66. The molecule has 2 rings (SSSR count). The van der Waals surface area contributed by atoms with Crippen LogP contribution < -0.4 is 0 Å². The van der Waals surface area contributed by atoms with Crippen LogP contribution in [-0.2, 0) is 37.0 Å². The predicted octanol–water partition coefficient (Wildman–Crippen LogP) is 3.27. The first-order valence-corrected chi connectivity index (χ1v) is 8.21. The molecule has 132 valence electrons. The van der Waals surface area contributed by atoms with Crippen LogP contribution in [0, 0.1) is 0 Å². The highest BCUT2D eigenvalue weighted by molar-refractivity contribution is 5.70. The van der Waals surface area contributed by atoms with E-state index in [0.717, 1.165) is 11.1 Å². The molecule has 0 saturated carbocycles. The molecule has 0 amide bonds. The Balaban J connectivity index is 1.48. The van der Waals surface area contributed by atoms with E-state index >= 15 is 0 Å². The van der Waals surface area contributed by atoms with Gasteiger partial charge in [-0.05, 0) is 11.1 Å². The molecule has 25 heavy (non-hydrogen) atoms. The summed E-state index contributed by atoms with van der Waals surface area (Å²) in [5.41, 5.74) is 1.89. The highest BCUT2D eigenvalue weighted by Gasteiger charge is 2.06. The Morgan fingerprint density at radius 2 is 1.04 bits per heavy atom. The van der Waals surface area contributed by atoms with E-state index in [1.165, 1.54) is 0 Å². The van der Waals surface area contributed by atoms with Crippen LogP contribution in [0.2, 0.25) is 0 Å². The van der Waals surface area contributed by atoms with Crippen LogP contribution in [0.25, 0.3) is 0 Å². The predicted molar refractivity (Wildman–Crippen MR) is 92.5 cm³/mol. The zero-order valence-electron chi connectivity index (χ0n) is 14.1. The van der Waals surface area contributed by atoms with Crippen molar-refractivity contribution in [2.24, 2.45) is 0 Å². The lowest BCUT2D eigenvalue weighted by molar-refractivity contribution is -0.147. The molecule has 2 aromatic rings. The molecule has 0 heterocycles. The highest BCUT2D eigenvalue weighted by atomic mass is 16.5. The van der Waals surface area contributed by atoms with E-state index in [4.69, 9.17) is 14.2 Å². The van der Waals surface area contributed by atoms with E-state index in [0.29, 0.717) is 0 Å². The largest absolute Gasteiger partial charge is 0.461 e. The molecule has 0 spiro atoms. The molecule has 0 aromatic heterocycles. The van der Waals surface area contributed by atoms with Crippen LogP contribution in [0.1, 0.15) is 24.0 Å². The van der Waals surface area contributed by atoms with Crippen LogP contribution in [-0.4, -0.2) is 25.2 Å². The van der Waals surface area contributed by atoms with E-state index in [1.807, 2.05) is 60.7 Å². The van der Waals surface area contributed by atoms with Gasteiger partial charge in [-0.25, -0.2) is 0 Å². The fourth-order valence-corrected chi connectivity index (χ4v) is 2.03. The van der Waals surface area contributed by atoms with Gasteiger partial charge in [0.1, 0.15) is 13.2 Å². The molecule has 5 nitrogen and oxygen atoms in total. The Kier molecular flexibility index (Phi) is 8.21. The van der Waals surface area contributed by atoms with Crippen molar-refractivity contribution in [3.8, 4) is 0 Å². The lowest BCUT2D eigenvalue weighted by Gasteiger charge is -2.07. The molecule has 0 saturated heterocycles. The number of hydrogen-bond donors (Lipinski definition) is 0. The minimum Gasteiger partial charge on any atom is -0.461 e. The third-order valence-electron chi connectivity index (χ3n) is 3.39. The van der Waals surface area contributed by atoms with Gasteiger partial charge in [0, 0.05) is 0 Å². The van der Waals surface area contributed by atoms with E-state index in [9.17, 15) is 9.59 Å². The summed E-state index contributed by atoms with van der Waals surface area (Å²) in [5, 5.41) is 0. The molecule has 2 aromatic carbocycles. The summed E-state index contributed by atoms with van der Waals surface area (Å²) in [6.07, 6.45) is 0.317. The normalized spacial score (nSPS) is 10.2. The van der Waals surface area contributed by atoms with Gasteiger partial charge in [-0.1, -0.05) is 60.7 Å². The molecule has 0 radical (unpaired) electrons. The molecule has 0 N–H and O–H groups in total. The van der Waals surface area contributed by atoms with Gasteiger partial charge in [0.05, 0.1) is 26.1 Å². The van der Waals surface area contributed by atoms with E-state index in [-0.39, 0.29) is 51.2 Å². The van der Waals surface area contributed by atoms with E-state index in [2.05, 4.69) is 0 Å². The molecule has 0 aliphatic rings. The third-order valence-corrected chi connectivity index (χ3v) is 3.39. The SMILES string of the molecule is O=C(CCOCCC(=O)OCc1ccccc1)OCc1ccccc1. The average molecular weight is 342 g/mol. The van der Waals surface area contributed by atoms with Crippen LogP contribution in [0.3, 0.4) is 0 Å². The van der Waals surface area contributed by atoms with Gasteiger partial charge in [0.25, 0.3) is 0 Å². The fraction of sp³-hybridized carbons (Fsp3) is 0.300.